The molecule has 0 saturated carbocycles. The van der Waals surface area contributed by atoms with Gasteiger partial charge < -0.3 is 5.32 Å². The van der Waals surface area contributed by atoms with Crippen LogP contribution in [0.3, 0.4) is 0 Å². The van der Waals surface area contributed by atoms with Crippen molar-refractivity contribution in [1.82, 2.24) is 9.69 Å². The predicted octanol–water partition coefficient (Wildman–Crippen LogP) is 1.88. The SMILES string of the molecule is Cc1cc([C@@H]2CCCN2)sn1. The zero-order valence-corrected chi connectivity index (χ0v) is 7.45. The van der Waals surface area contributed by atoms with Gasteiger partial charge in [0.1, 0.15) is 0 Å². The first-order chi connectivity index (χ1) is 5.36. The van der Waals surface area contributed by atoms with Crippen molar-refractivity contribution in [2.75, 3.05) is 6.54 Å². The van der Waals surface area contributed by atoms with Crippen molar-refractivity contribution in [1.29, 1.82) is 0 Å². The number of nitrogens with one attached hydrogen (secondary N) is 1. The molecule has 0 spiro atoms. The van der Waals surface area contributed by atoms with E-state index < -0.39 is 0 Å². The van der Waals surface area contributed by atoms with E-state index in [0.29, 0.717) is 6.04 Å². The van der Waals surface area contributed by atoms with E-state index in [9.17, 15) is 0 Å². The van der Waals surface area contributed by atoms with Crippen molar-refractivity contribution in [2.45, 2.75) is 25.8 Å². The number of aryl methyl sites for hydroxylation is 1. The smallest absolute Gasteiger partial charge is 0.0514 e. The molecule has 2 rings (SSSR count). The Labute approximate surface area is 70.8 Å². The Hall–Kier alpha value is -0.410. The Balaban J connectivity index is 2.15. The van der Waals surface area contributed by atoms with Crippen LogP contribution in [0.1, 0.15) is 29.5 Å². The average molecular weight is 168 g/mol. The van der Waals surface area contributed by atoms with E-state index in [1.54, 1.807) is 11.5 Å². The van der Waals surface area contributed by atoms with Gasteiger partial charge in [-0.3, -0.25) is 0 Å². The maximum absolute atomic E-state index is 4.26. The zero-order valence-electron chi connectivity index (χ0n) is 6.63. The highest BCUT2D eigenvalue weighted by atomic mass is 32.1. The van der Waals surface area contributed by atoms with Gasteiger partial charge in [0.15, 0.2) is 0 Å². The van der Waals surface area contributed by atoms with Crippen molar-refractivity contribution < 1.29 is 0 Å². The summed E-state index contributed by atoms with van der Waals surface area (Å²) in [6.07, 6.45) is 2.59. The molecule has 3 heteroatoms. The Kier molecular flexibility index (Phi) is 1.92. The quantitative estimate of drug-likeness (QED) is 0.692. The second-order valence-corrected chi connectivity index (χ2v) is 3.86. The van der Waals surface area contributed by atoms with Gasteiger partial charge in [-0.05, 0) is 43.9 Å². The number of hydrogen-bond donors (Lipinski definition) is 1. The van der Waals surface area contributed by atoms with E-state index in [1.807, 2.05) is 0 Å². The van der Waals surface area contributed by atoms with E-state index in [0.717, 1.165) is 5.69 Å². The minimum absolute atomic E-state index is 0.598. The molecule has 2 nitrogen and oxygen atoms in total. The van der Waals surface area contributed by atoms with Gasteiger partial charge >= 0.3 is 0 Å². The van der Waals surface area contributed by atoms with Crippen molar-refractivity contribution in [3.63, 3.8) is 0 Å². The standard InChI is InChI=1S/C8H12N2S/c1-6-5-8(11-10-6)7-3-2-4-9-7/h5,7,9H,2-4H2,1H3/t7-/m0/s1. The molecule has 1 fully saturated rings. The first-order valence-corrected chi connectivity index (χ1v) is 4.80. The summed E-state index contributed by atoms with van der Waals surface area (Å²) in [6.45, 7) is 3.22. The van der Waals surface area contributed by atoms with Crippen molar-refractivity contribution in [3.05, 3.63) is 16.6 Å². The Morgan fingerprint density at radius 2 is 2.64 bits per heavy atom. The molecular weight excluding hydrogens is 156 g/mol. The second-order valence-electron chi connectivity index (χ2n) is 3.02. The lowest BCUT2D eigenvalue weighted by Crippen LogP contribution is -2.11. The third-order valence-corrected chi connectivity index (χ3v) is 3.04. The minimum Gasteiger partial charge on any atom is -0.309 e. The first kappa shape index (κ1) is 7.25. The van der Waals surface area contributed by atoms with Crippen LogP contribution < -0.4 is 5.32 Å². The Bertz CT molecular complexity index is 238. The zero-order chi connectivity index (χ0) is 7.68. The molecule has 11 heavy (non-hydrogen) atoms. The third kappa shape index (κ3) is 1.44. The first-order valence-electron chi connectivity index (χ1n) is 4.03. The second kappa shape index (κ2) is 2.91. The van der Waals surface area contributed by atoms with Crippen LogP contribution in [0.15, 0.2) is 6.07 Å². The fourth-order valence-electron chi connectivity index (χ4n) is 1.47. The monoisotopic (exact) mass is 168 g/mol. The van der Waals surface area contributed by atoms with Gasteiger partial charge in [0, 0.05) is 10.9 Å². The molecule has 1 aromatic heterocycles. The molecule has 1 aromatic rings. The highest BCUT2D eigenvalue weighted by molar-refractivity contribution is 7.05. The topological polar surface area (TPSA) is 24.9 Å². The lowest BCUT2D eigenvalue weighted by molar-refractivity contribution is 0.659. The third-order valence-electron chi connectivity index (χ3n) is 2.05. The van der Waals surface area contributed by atoms with Gasteiger partial charge in [-0.1, -0.05) is 0 Å². The lowest BCUT2D eigenvalue weighted by Gasteiger charge is -2.04. The number of nitrogens with zero attached hydrogens (tertiary/aromatic N) is 1. The Morgan fingerprint density at radius 1 is 1.73 bits per heavy atom. The van der Waals surface area contributed by atoms with E-state index in [1.165, 1.54) is 24.3 Å². The fourth-order valence-corrected chi connectivity index (χ4v) is 2.33. The van der Waals surface area contributed by atoms with Crippen molar-refractivity contribution in [2.24, 2.45) is 0 Å². The van der Waals surface area contributed by atoms with Gasteiger partial charge in [0.2, 0.25) is 0 Å². The molecule has 0 unspecified atom stereocenters. The van der Waals surface area contributed by atoms with Crippen molar-refractivity contribution >= 4 is 11.5 Å². The fraction of sp³-hybridized carbons (Fsp3) is 0.625. The Morgan fingerprint density at radius 3 is 3.18 bits per heavy atom. The lowest BCUT2D eigenvalue weighted by atomic mass is 10.2. The van der Waals surface area contributed by atoms with Crippen LogP contribution in [0.5, 0.6) is 0 Å². The summed E-state index contributed by atoms with van der Waals surface area (Å²) in [4.78, 5) is 1.40. The molecule has 0 aromatic carbocycles. The van der Waals surface area contributed by atoms with Crippen LogP contribution in [0.2, 0.25) is 0 Å². The molecule has 0 bridgehead atoms. The number of aromatic nitrogens is 1. The molecule has 1 aliphatic heterocycles. The largest absolute Gasteiger partial charge is 0.309 e. The normalized spacial score (nSPS) is 24.3. The molecule has 60 valence electrons. The van der Waals surface area contributed by atoms with Gasteiger partial charge in [-0.25, -0.2) is 0 Å². The summed E-state index contributed by atoms with van der Waals surface area (Å²) in [5.41, 5.74) is 1.15. The summed E-state index contributed by atoms with van der Waals surface area (Å²) in [5.74, 6) is 0. The molecular formula is C8H12N2S. The number of hydrogen-bond acceptors (Lipinski definition) is 3. The summed E-state index contributed by atoms with van der Waals surface area (Å²) in [7, 11) is 0. The van der Waals surface area contributed by atoms with Crippen LogP contribution in [0.4, 0.5) is 0 Å². The molecule has 0 aliphatic carbocycles. The maximum atomic E-state index is 4.26. The van der Waals surface area contributed by atoms with Gasteiger partial charge in [-0.15, -0.1) is 0 Å². The summed E-state index contributed by atoms with van der Waals surface area (Å²) in [6, 6.07) is 2.79. The van der Waals surface area contributed by atoms with Crippen LogP contribution in [-0.2, 0) is 0 Å². The molecule has 2 heterocycles. The molecule has 1 aliphatic rings. The maximum Gasteiger partial charge on any atom is 0.0514 e. The average Bonchev–Trinajstić information content (AvgIpc) is 2.55. The van der Waals surface area contributed by atoms with E-state index in [4.69, 9.17) is 0 Å². The van der Waals surface area contributed by atoms with E-state index in [2.05, 4.69) is 22.7 Å². The molecule has 1 saturated heterocycles. The van der Waals surface area contributed by atoms with Gasteiger partial charge in [-0.2, -0.15) is 4.37 Å². The molecule has 1 N–H and O–H groups in total. The van der Waals surface area contributed by atoms with Crippen LogP contribution in [0, 0.1) is 6.92 Å². The minimum atomic E-state index is 0.598. The van der Waals surface area contributed by atoms with Crippen LogP contribution in [0.25, 0.3) is 0 Å². The summed E-state index contributed by atoms with van der Waals surface area (Å²) >= 11 is 1.63. The van der Waals surface area contributed by atoms with Gasteiger partial charge in [0.05, 0.1) is 5.69 Å². The summed E-state index contributed by atoms with van der Waals surface area (Å²) < 4.78 is 4.26. The molecule has 1 atom stereocenters. The van der Waals surface area contributed by atoms with E-state index in [-0.39, 0.29) is 0 Å². The predicted molar refractivity (Wildman–Crippen MR) is 46.8 cm³/mol. The highest BCUT2D eigenvalue weighted by Gasteiger charge is 2.17. The highest BCUT2D eigenvalue weighted by Crippen LogP contribution is 2.26. The van der Waals surface area contributed by atoms with Crippen LogP contribution in [-0.4, -0.2) is 10.9 Å². The van der Waals surface area contributed by atoms with Crippen LogP contribution >= 0.6 is 11.5 Å². The van der Waals surface area contributed by atoms with E-state index >= 15 is 0 Å². The summed E-state index contributed by atoms with van der Waals surface area (Å²) in [5, 5.41) is 3.46. The van der Waals surface area contributed by atoms with Crippen molar-refractivity contribution in [3.8, 4) is 0 Å². The van der Waals surface area contributed by atoms with Gasteiger partial charge in [0.25, 0.3) is 0 Å². The molecule has 0 amide bonds. The molecule has 0 radical (unpaired) electrons. The number of rotatable bonds is 1.